The molecule has 5 nitrogen and oxygen atoms in total. The Morgan fingerprint density at radius 1 is 1.19 bits per heavy atom. The highest BCUT2D eigenvalue weighted by molar-refractivity contribution is 7.51. The van der Waals surface area contributed by atoms with Crippen molar-refractivity contribution in [3.63, 3.8) is 0 Å². The van der Waals surface area contributed by atoms with Crippen molar-refractivity contribution in [2.45, 2.75) is 33.1 Å². The monoisotopic (exact) mass is 314 g/mol. The van der Waals surface area contributed by atoms with E-state index in [1.165, 1.54) is 0 Å². The van der Waals surface area contributed by atoms with Crippen molar-refractivity contribution in [2.75, 3.05) is 6.16 Å². The van der Waals surface area contributed by atoms with Crippen LogP contribution in [0.25, 0.3) is 0 Å². The third-order valence-electron chi connectivity index (χ3n) is 4.25. The highest BCUT2D eigenvalue weighted by atomic mass is 31.2. The van der Waals surface area contributed by atoms with E-state index in [1.807, 2.05) is 30.3 Å². The van der Waals surface area contributed by atoms with Crippen molar-refractivity contribution in [2.24, 2.45) is 11.3 Å². The molecule has 0 spiro atoms. The van der Waals surface area contributed by atoms with Crippen LogP contribution in [0.5, 0.6) is 0 Å². The molecule has 1 atom stereocenters. The van der Waals surface area contributed by atoms with Crippen LogP contribution in [0.4, 0.5) is 0 Å². The molecule has 0 radical (unpaired) electrons. The smallest absolute Gasteiger partial charge is 0.325 e. The largest absolute Gasteiger partial charge is 0.481 e. The molecule has 0 aromatic heterocycles. The minimum Gasteiger partial charge on any atom is -0.481 e. The lowest BCUT2D eigenvalue weighted by atomic mass is 9.70. The summed E-state index contributed by atoms with van der Waals surface area (Å²) in [4.78, 5) is 30.4. The molecular formula is C15H23O5P. The van der Waals surface area contributed by atoms with Gasteiger partial charge in [0.1, 0.15) is 0 Å². The zero-order valence-corrected chi connectivity index (χ0v) is 13.3. The maximum atomic E-state index is 11.7. The van der Waals surface area contributed by atoms with Gasteiger partial charge in [-0.25, -0.2) is 0 Å². The predicted molar refractivity (Wildman–Crippen MR) is 81.2 cm³/mol. The number of hydrogen-bond acceptors (Lipinski definition) is 2. The highest BCUT2D eigenvalue weighted by Gasteiger charge is 2.45. The number of benzene rings is 1. The SMILES string of the molecule is CCC(CC)(C(=O)O)C(Cc1ccccc1)CP(=O)(O)O. The first-order chi connectivity index (χ1) is 9.75. The molecular weight excluding hydrogens is 291 g/mol. The molecule has 0 saturated carbocycles. The van der Waals surface area contributed by atoms with Crippen molar-refractivity contribution >= 4 is 13.6 Å². The van der Waals surface area contributed by atoms with Gasteiger partial charge in [-0.3, -0.25) is 9.36 Å². The lowest BCUT2D eigenvalue weighted by Crippen LogP contribution is -2.40. The van der Waals surface area contributed by atoms with Gasteiger partial charge in [0.05, 0.1) is 11.6 Å². The maximum Gasteiger partial charge on any atom is 0.325 e. The predicted octanol–water partition coefficient (Wildman–Crippen LogP) is 2.91. The Morgan fingerprint density at radius 3 is 2.10 bits per heavy atom. The normalized spacial score (nSPS) is 13.9. The first-order valence-electron chi connectivity index (χ1n) is 7.07. The molecule has 21 heavy (non-hydrogen) atoms. The molecule has 1 aromatic carbocycles. The summed E-state index contributed by atoms with van der Waals surface area (Å²) >= 11 is 0. The molecule has 118 valence electrons. The first-order valence-corrected chi connectivity index (χ1v) is 8.86. The number of aliphatic carboxylic acids is 1. The molecule has 0 heterocycles. The van der Waals surface area contributed by atoms with Crippen LogP contribution in [-0.2, 0) is 15.8 Å². The van der Waals surface area contributed by atoms with Crippen LogP contribution in [0.2, 0.25) is 0 Å². The third-order valence-corrected chi connectivity index (χ3v) is 5.17. The minimum absolute atomic E-state index is 0.344. The molecule has 0 saturated heterocycles. The zero-order valence-electron chi connectivity index (χ0n) is 12.4. The fourth-order valence-corrected chi connectivity index (χ4v) is 3.98. The topological polar surface area (TPSA) is 94.8 Å². The molecule has 0 amide bonds. The lowest BCUT2D eigenvalue weighted by molar-refractivity contribution is -0.152. The standard InChI is InChI=1S/C15H23O5P/c1-3-15(4-2,14(16)17)13(11-21(18,19)20)10-12-8-6-5-7-9-12/h5-9,13H,3-4,10-11H2,1-2H3,(H,16,17)(H2,18,19,20). The molecule has 0 aliphatic carbocycles. The fourth-order valence-electron chi connectivity index (χ4n) is 2.92. The highest BCUT2D eigenvalue weighted by Crippen LogP contribution is 2.47. The van der Waals surface area contributed by atoms with E-state index >= 15 is 0 Å². The summed E-state index contributed by atoms with van der Waals surface area (Å²) in [6.45, 7) is 3.52. The summed E-state index contributed by atoms with van der Waals surface area (Å²) < 4.78 is 11.4. The Morgan fingerprint density at radius 2 is 1.71 bits per heavy atom. The van der Waals surface area contributed by atoms with Crippen LogP contribution in [0.15, 0.2) is 30.3 Å². The summed E-state index contributed by atoms with van der Waals surface area (Å²) in [7, 11) is -4.28. The third kappa shape index (κ3) is 4.67. The second kappa shape index (κ2) is 7.21. The first kappa shape index (κ1) is 17.9. The second-order valence-corrected chi connectivity index (χ2v) is 7.10. The van der Waals surface area contributed by atoms with Gasteiger partial charge < -0.3 is 14.9 Å². The Balaban J connectivity index is 3.17. The average molecular weight is 314 g/mol. The van der Waals surface area contributed by atoms with E-state index in [9.17, 15) is 24.3 Å². The summed E-state index contributed by atoms with van der Waals surface area (Å²) in [5.74, 6) is -1.59. The van der Waals surface area contributed by atoms with Crippen LogP contribution in [0.3, 0.4) is 0 Å². The van der Waals surface area contributed by atoms with E-state index in [4.69, 9.17) is 0 Å². The summed E-state index contributed by atoms with van der Waals surface area (Å²) in [5.41, 5.74) is -0.222. The van der Waals surface area contributed by atoms with Crippen molar-refractivity contribution in [3.8, 4) is 0 Å². The number of carbonyl (C=O) groups is 1. The average Bonchev–Trinajstić information content (AvgIpc) is 2.39. The van der Waals surface area contributed by atoms with Gasteiger partial charge in [-0.2, -0.15) is 0 Å². The Kier molecular flexibility index (Phi) is 6.14. The van der Waals surface area contributed by atoms with E-state index in [2.05, 4.69) is 0 Å². The van der Waals surface area contributed by atoms with Crippen LogP contribution in [-0.4, -0.2) is 27.0 Å². The Labute approximate surface area is 125 Å². The second-order valence-electron chi connectivity index (χ2n) is 5.40. The molecule has 0 aliphatic rings. The van der Waals surface area contributed by atoms with E-state index < -0.39 is 31.1 Å². The van der Waals surface area contributed by atoms with Gasteiger partial charge in [0.15, 0.2) is 0 Å². The van der Waals surface area contributed by atoms with Crippen molar-refractivity contribution in [1.82, 2.24) is 0 Å². The van der Waals surface area contributed by atoms with Crippen LogP contribution in [0.1, 0.15) is 32.3 Å². The Hall–Kier alpha value is -1.16. The summed E-state index contributed by atoms with van der Waals surface area (Å²) in [6, 6.07) is 9.23. The number of rotatable bonds is 8. The quantitative estimate of drug-likeness (QED) is 0.641. The molecule has 0 aliphatic heterocycles. The zero-order chi connectivity index (χ0) is 16.1. The molecule has 0 bridgehead atoms. The molecule has 1 unspecified atom stereocenters. The number of hydrogen-bond donors (Lipinski definition) is 3. The van der Waals surface area contributed by atoms with Gasteiger partial charge >= 0.3 is 13.6 Å². The molecule has 6 heteroatoms. The maximum absolute atomic E-state index is 11.7. The molecule has 1 aromatic rings. The van der Waals surface area contributed by atoms with E-state index in [0.717, 1.165) is 5.56 Å². The van der Waals surface area contributed by atoms with Gasteiger partial charge in [0.2, 0.25) is 0 Å². The van der Waals surface area contributed by atoms with Gasteiger partial charge in [0, 0.05) is 0 Å². The van der Waals surface area contributed by atoms with Gasteiger partial charge in [0.25, 0.3) is 0 Å². The lowest BCUT2D eigenvalue weighted by Gasteiger charge is -2.36. The summed E-state index contributed by atoms with van der Waals surface area (Å²) in [5, 5.41) is 9.62. The van der Waals surface area contributed by atoms with E-state index in [0.29, 0.717) is 19.3 Å². The Bertz CT molecular complexity index is 504. The van der Waals surface area contributed by atoms with Crippen molar-refractivity contribution in [3.05, 3.63) is 35.9 Å². The summed E-state index contributed by atoms with van der Waals surface area (Å²) in [6.07, 6.45) is 0.627. The van der Waals surface area contributed by atoms with Crippen LogP contribution in [0, 0.1) is 11.3 Å². The number of carboxylic acids is 1. The van der Waals surface area contributed by atoms with Gasteiger partial charge in [-0.15, -0.1) is 0 Å². The van der Waals surface area contributed by atoms with Crippen LogP contribution >= 0.6 is 7.60 Å². The van der Waals surface area contributed by atoms with Crippen molar-refractivity contribution in [1.29, 1.82) is 0 Å². The van der Waals surface area contributed by atoms with Gasteiger partial charge in [-0.1, -0.05) is 44.2 Å². The molecule has 3 N–H and O–H groups in total. The van der Waals surface area contributed by atoms with Gasteiger partial charge in [-0.05, 0) is 30.7 Å². The molecule has 1 rings (SSSR count). The minimum atomic E-state index is -4.28. The van der Waals surface area contributed by atoms with E-state index in [1.54, 1.807) is 13.8 Å². The van der Waals surface area contributed by atoms with E-state index in [-0.39, 0.29) is 0 Å². The van der Waals surface area contributed by atoms with Crippen LogP contribution < -0.4 is 0 Å². The van der Waals surface area contributed by atoms with Crippen molar-refractivity contribution < 1.29 is 24.3 Å². The molecule has 0 fully saturated rings. The number of carboxylic acid groups (broad SMARTS) is 1. The fraction of sp³-hybridized carbons (Fsp3) is 0.533.